The molecule has 1 aliphatic rings. The molecule has 2 heteroatoms. The summed E-state index contributed by atoms with van der Waals surface area (Å²) >= 11 is 0. The number of amides is 1. The maximum atomic E-state index is 13.7. The van der Waals surface area contributed by atoms with E-state index in [4.69, 9.17) is 0 Å². The van der Waals surface area contributed by atoms with E-state index in [-0.39, 0.29) is 5.91 Å². The number of benzene rings is 4. The summed E-state index contributed by atoms with van der Waals surface area (Å²) in [7, 11) is 0. The van der Waals surface area contributed by atoms with Crippen LogP contribution in [0.5, 0.6) is 0 Å². The van der Waals surface area contributed by atoms with Crippen molar-refractivity contribution in [2.45, 2.75) is 12.1 Å². The molecule has 0 N–H and O–H groups in total. The SMILES string of the molecule is O=C1c2ccccc2CN1C(c1ccccc1)(c1ccccc1)c1ccccc1. The van der Waals surface area contributed by atoms with Crippen LogP contribution >= 0.6 is 0 Å². The summed E-state index contributed by atoms with van der Waals surface area (Å²) in [6, 6.07) is 39.0. The van der Waals surface area contributed by atoms with E-state index in [1.54, 1.807) is 0 Å². The molecule has 0 atom stereocenters. The van der Waals surface area contributed by atoms with Crippen molar-refractivity contribution >= 4 is 5.91 Å². The first-order valence-corrected chi connectivity index (χ1v) is 9.88. The molecule has 0 spiro atoms. The highest BCUT2D eigenvalue weighted by Crippen LogP contribution is 2.46. The van der Waals surface area contributed by atoms with Gasteiger partial charge in [-0.05, 0) is 28.3 Å². The van der Waals surface area contributed by atoms with Gasteiger partial charge in [0.15, 0.2) is 0 Å². The molecule has 1 aliphatic heterocycles. The Hall–Kier alpha value is -3.65. The molecule has 0 aromatic heterocycles. The van der Waals surface area contributed by atoms with Crippen LogP contribution in [0.4, 0.5) is 0 Å². The van der Waals surface area contributed by atoms with Crippen molar-refractivity contribution in [3.8, 4) is 0 Å². The minimum absolute atomic E-state index is 0.0668. The summed E-state index contributed by atoms with van der Waals surface area (Å²) in [4.78, 5) is 15.7. The van der Waals surface area contributed by atoms with Crippen LogP contribution in [0.15, 0.2) is 115 Å². The predicted molar refractivity (Wildman–Crippen MR) is 116 cm³/mol. The van der Waals surface area contributed by atoms with E-state index in [9.17, 15) is 4.79 Å². The van der Waals surface area contributed by atoms with Gasteiger partial charge in [0.1, 0.15) is 5.54 Å². The zero-order valence-corrected chi connectivity index (χ0v) is 16.0. The Balaban J connectivity index is 1.84. The first-order valence-electron chi connectivity index (χ1n) is 9.88. The molecular weight excluding hydrogens is 354 g/mol. The smallest absolute Gasteiger partial charge is 0.255 e. The normalized spacial score (nSPS) is 13.4. The summed E-state index contributed by atoms with van der Waals surface area (Å²) in [6.07, 6.45) is 0. The summed E-state index contributed by atoms with van der Waals surface area (Å²) in [5, 5.41) is 0. The van der Waals surface area contributed by atoms with Crippen LogP contribution in [0.25, 0.3) is 0 Å². The molecule has 29 heavy (non-hydrogen) atoms. The topological polar surface area (TPSA) is 20.3 Å². The molecule has 0 unspecified atom stereocenters. The molecular formula is C27H21NO. The van der Waals surface area contributed by atoms with E-state index < -0.39 is 5.54 Å². The van der Waals surface area contributed by atoms with Crippen LogP contribution < -0.4 is 0 Å². The van der Waals surface area contributed by atoms with Crippen molar-refractivity contribution in [3.05, 3.63) is 143 Å². The lowest BCUT2D eigenvalue weighted by atomic mass is 9.75. The summed E-state index contributed by atoms with van der Waals surface area (Å²) in [5.74, 6) is 0.0668. The lowest BCUT2D eigenvalue weighted by Crippen LogP contribution is -2.48. The Bertz CT molecular complexity index is 1040. The van der Waals surface area contributed by atoms with Crippen molar-refractivity contribution in [1.29, 1.82) is 0 Å². The Labute approximate surface area is 171 Å². The van der Waals surface area contributed by atoms with Crippen molar-refractivity contribution in [3.63, 3.8) is 0 Å². The van der Waals surface area contributed by atoms with Crippen molar-refractivity contribution in [1.82, 2.24) is 4.90 Å². The van der Waals surface area contributed by atoms with Gasteiger partial charge in [0.2, 0.25) is 0 Å². The Kier molecular flexibility index (Phi) is 4.25. The lowest BCUT2D eigenvalue weighted by Gasteiger charge is -2.43. The molecule has 0 fully saturated rings. The minimum atomic E-state index is -0.708. The number of nitrogens with zero attached hydrogens (tertiary/aromatic N) is 1. The van der Waals surface area contributed by atoms with E-state index >= 15 is 0 Å². The number of carbonyl (C=O) groups excluding carboxylic acids is 1. The van der Waals surface area contributed by atoms with Gasteiger partial charge >= 0.3 is 0 Å². The molecule has 2 nitrogen and oxygen atoms in total. The van der Waals surface area contributed by atoms with E-state index in [2.05, 4.69) is 42.5 Å². The Morgan fingerprint density at radius 3 is 1.41 bits per heavy atom. The average molecular weight is 375 g/mol. The third kappa shape index (κ3) is 2.68. The fraction of sp³-hybridized carbons (Fsp3) is 0.0741. The first-order chi connectivity index (χ1) is 14.3. The fourth-order valence-corrected chi connectivity index (χ4v) is 4.53. The number of hydrogen-bond acceptors (Lipinski definition) is 1. The predicted octanol–water partition coefficient (Wildman–Crippen LogP) is 5.63. The van der Waals surface area contributed by atoms with Gasteiger partial charge in [-0.15, -0.1) is 0 Å². The fourth-order valence-electron chi connectivity index (χ4n) is 4.53. The van der Waals surface area contributed by atoms with Gasteiger partial charge in [0.05, 0.1) is 0 Å². The Morgan fingerprint density at radius 1 is 0.552 bits per heavy atom. The van der Waals surface area contributed by atoms with Crippen LogP contribution in [0.2, 0.25) is 0 Å². The molecule has 4 aromatic carbocycles. The molecule has 4 aromatic rings. The summed E-state index contributed by atoms with van der Waals surface area (Å²) in [6.45, 7) is 0.577. The van der Waals surface area contributed by atoms with Crippen LogP contribution in [0.1, 0.15) is 32.6 Å². The van der Waals surface area contributed by atoms with Gasteiger partial charge in [-0.3, -0.25) is 4.79 Å². The van der Waals surface area contributed by atoms with Crippen LogP contribution in [-0.2, 0) is 12.1 Å². The van der Waals surface area contributed by atoms with Crippen molar-refractivity contribution < 1.29 is 4.79 Å². The molecule has 0 saturated heterocycles. The van der Waals surface area contributed by atoms with E-state index in [1.807, 2.05) is 77.7 Å². The zero-order chi connectivity index (χ0) is 19.7. The van der Waals surface area contributed by atoms with E-state index in [1.165, 1.54) is 0 Å². The second-order valence-corrected chi connectivity index (χ2v) is 7.36. The van der Waals surface area contributed by atoms with Crippen LogP contribution in [0.3, 0.4) is 0 Å². The molecule has 140 valence electrons. The highest BCUT2D eigenvalue weighted by molar-refractivity contribution is 5.99. The van der Waals surface area contributed by atoms with Crippen LogP contribution in [-0.4, -0.2) is 10.8 Å². The van der Waals surface area contributed by atoms with Gasteiger partial charge in [-0.2, -0.15) is 0 Å². The minimum Gasteiger partial charge on any atom is -0.316 e. The zero-order valence-electron chi connectivity index (χ0n) is 16.0. The van der Waals surface area contributed by atoms with Gasteiger partial charge in [-0.1, -0.05) is 109 Å². The Morgan fingerprint density at radius 2 is 0.966 bits per heavy atom. The highest BCUT2D eigenvalue weighted by Gasteiger charge is 2.47. The standard InChI is InChI=1S/C27H21NO/c29-26-25-19-11-10-12-21(25)20-28(26)27(22-13-4-1-5-14-22,23-15-6-2-7-16-23)24-17-8-3-9-18-24/h1-19H,20H2. The molecule has 1 amide bonds. The molecule has 0 aliphatic carbocycles. The quantitative estimate of drug-likeness (QED) is 0.423. The van der Waals surface area contributed by atoms with Gasteiger partial charge in [0.25, 0.3) is 5.91 Å². The first kappa shape index (κ1) is 17.4. The second kappa shape index (κ2) is 7.06. The maximum absolute atomic E-state index is 13.7. The molecule has 1 heterocycles. The highest BCUT2D eigenvalue weighted by atomic mass is 16.2. The average Bonchev–Trinajstić information content (AvgIpc) is 3.14. The van der Waals surface area contributed by atoms with E-state index in [0.717, 1.165) is 27.8 Å². The molecule has 0 saturated carbocycles. The third-order valence-corrected chi connectivity index (χ3v) is 5.80. The number of fused-ring (bicyclic) bond motifs is 1. The van der Waals surface area contributed by atoms with Crippen molar-refractivity contribution in [2.24, 2.45) is 0 Å². The van der Waals surface area contributed by atoms with Gasteiger partial charge in [-0.25, -0.2) is 0 Å². The number of hydrogen-bond donors (Lipinski definition) is 0. The maximum Gasteiger partial charge on any atom is 0.255 e. The summed E-state index contributed by atoms with van der Waals surface area (Å²) in [5.41, 5.74) is 4.40. The second-order valence-electron chi connectivity index (χ2n) is 7.36. The van der Waals surface area contributed by atoms with Crippen LogP contribution in [0, 0.1) is 0 Å². The van der Waals surface area contributed by atoms with Gasteiger partial charge in [0, 0.05) is 12.1 Å². The largest absolute Gasteiger partial charge is 0.316 e. The molecule has 0 bridgehead atoms. The molecule has 5 rings (SSSR count). The number of rotatable bonds is 4. The lowest BCUT2D eigenvalue weighted by molar-refractivity contribution is 0.0640. The third-order valence-electron chi connectivity index (χ3n) is 5.80. The number of carbonyl (C=O) groups is 1. The summed E-state index contributed by atoms with van der Waals surface area (Å²) < 4.78 is 0. The monoisotopic (exact) mass is 375 g/mol. The van der Waals surface area contributed by atoms with Gasteiger partial charge < -0.3 is 4.90 Å². The molecule has 0 radical (unpaired) electrons. The van der Waals surface area contributed by atoms with Crippen molar-refractivity contribution in [2.75, 3.05) is 0 Å². The van der Waals surface area contributed by atoms with E-state index in [0.29, 0.717) is 6.54 Å².